The first kappa shape index (κ1) is 25.1. The molecule has 0 radical (unpaired) electrons. The summed E-state index contributed by atoms with van der Waals surface area (Å²) in [5, 5.41) is 22.0. The highest BCUT2D eigenvalue weighted by Crippen LogP contribution is 2.39. The molecule has 0 saturated heterocycles. The number of anilines is 1. The molecule has 3 aromatic carbocycles. The molecule has 1 atom stereocenters. The van der Waals surface area contributed by atoms with Gasteiger partial charge in [-0.1, -0.05) is 12.1 Å². The van der Waals surface area contributed by atoms with Crippen LogP contribution in [0.5, 0.6) is 17.2 Å². The molecule has 0 aliphatic carbocycles. The fraction of sp³-hybridized carbons (Fsp3) is 0.185. The summed E-state index contributed by atoms with van der Waals surface area (Å²) in [5.41, 5.74) is 1.80. The normalized spacial score (nSPS) is 12.9. The molecular weight excluding hydrogens is 478 g/mol. The maximum Gasteiger partial charge on any atom is 0.330 e. The van der Waals surface area contributed by atoms with Gasteiger partial charge in [-0.05, 0) is 42.5 Å². The van der Waals surface area contributed by atoms with Gasteiger partial charge in [-0.25, -0.2) is 4.79 Å². The van der Waals surface area contributed by atoms with Gasteiger partial charge in [0.05, 0.1) is 43.5 Å². The number of carbonyl (C=O) groups is 3. The summed E-state index contributed by atoms with van der Waals surface area (Å²) in [6, 6.07) is 16.6. The number of nitriles is 1. The Morgan fingerprint density at radius 3 is 2.11 bits per heavy atom. The summed E-state index contributed by atoms with van der Waals surface area (Å²) in [6.45, 7) is -0.127. The zero-order chi connectivity index (χ0) is 26.5. The summed E-state index contributed by atoms with van der Waals surface area (Å²) < 4.78 is 16.6. The van der Waals surface area contributed by atoms with Crippen LogP contribution >= 0.6 is 0 Å². The molecule has 0 aromatic heterocycles. The molecule has 1 unspecified atom stereocenters. The van der Waals surface area contributed by atoms with E-state index in [2.05, 4.69) is 5.32 Å². The second-order valence-corrected chi connectivity index (χ2v) is 8.01. The number of carbonyl (C=O) groups excluding carboxylic acids is 2. The molecule has 1 aliphatic rings. The van der Waals surface area contributed by atoms with Gasteiger partial charge in [0.15, 0.2) is 17.5 Å². The monoisotopic (exact) mass is 501 g/mol. The summed E-state index contributed by atoms with van der Waals surface area (Å²) in [7, 11) is 2.86. The lowest BCUT2D eigenvalue weighted by molar-refractivity contribution is -0.138. The average Bonchev–Trinajstić information content (AvgIpc) is 3.16. The van der Waals surface area contributed by atoms with Gasteiger partial charge in [0.2, 0.25) is 0 Å². The van der Waals surface area contributed by atoms with Crippen molar-refractivity contribution < 1.29 is 33.7 Å². The first-order chi connectivity index (χ1) is 17.9. The Morgan fingerprint density at radius 1 is 0.973 bits per heavy atom. The van der Waals surface area contributed by atoms with Crippen LogP contribution in [0.2, 0.25) is 0 Å². The molecule has 10 heteroatoms. The van der Waals surface area contributed by atoms with Crippen LogP contribution in [0.1, 0.15) is 37.9 Å². The van der Waals surface area contributed by atoms with E-state index in [1.54, 1.807) is 48.5 Å². The van der Waals surface area contributed by atoms with Crippen molar-refractivity contribution in [3.8, 4) is 23.3 Å². The van der Waals surface area contributed by atoms with Crippen LogP contribution in [0.25, 0.3) is 0 Å². The molecule has 0 bridgehead atoms. The topological polar surface area (TPSA) is 138 Å². The quantitative estimate of drug-likeness (QED) is 0.400. The van der Waals surface area contributed by atoms with Crippen molar-refractivity contribution in [2.75, 3.05) is 32.7 Å². The zero-order valence-corrected chi connectivity index (χ0v) is 20.1. The van der Waals surface area contributed by atoms with Crippen LogP contribution in [0, 0.1) is 11.3 Å². The van der Waals surface area contributed by atoms with Gasteiger partial charge < -0.3 is 24.6 Å². The van der Waals surface area contributed by atoms with Gasteiger partial charge in [-0.15, -0.1) is 0 Å². The number of nitrogens with one attached hydrogen (secondary N) is 1. The van der Waals surface area contributed by atoms with E-state index in [-0.39, 0.29) is 30.2 Å². The lowest BCUT2D eigenvalue weighted by atomic mass is 10.0. The fourth-order valence-corrected chi connectivity index (χ4v) is 4.00. The Bertz CT molecular complexity index is 1360. The van der Waals surface area contributed by atoms with Crippen molar-refractivity contribution in [2.45, 2.75) is 6.04 Å². The van der Waals surface area contributed by atoms with Crippen LogP contribution in [0.15, 0.2) is 60.7 Å². The third-order valence-electron chi connectivity index (χ3n) is 5.85. The van der Waals surface area contributed by atoms with Crippen molar-refractivity contribution >= 4 is 23.5 Å². The molecule has 0 spiro atoms. The Labute approximate surface area is 212 Å². The van der Waals surface area contributed by atoms with Crippen molar-refractivity contribution in [1.29, 1.82) is 5.26 Å². The maximum absolute atomic E-state index is 12.7. The lowest BCUT2D eigenvalue weighted by Gasteiger charge is -2.22. The molecule has 0 saturated carbocycles. The number of nitrogens with zero attached hydrogens (tertiary/aromatic N) is 2. The van der Waals surface area contributed by atoms with E-state index in [9.17, 15) is 19.5 Å². The van der Waals surface area contributed by atoms with E-state index in [4.69, 9.17) is 19.5 Å². The number of methoxy groups -OCH3 is 2. The van der Waals surface area contributed by atoms with Gasteiger partial charge in [0.25, 0.3) is 11.8 Å². The van der Waals surface area contributed by atoms with Crippen LogP contribution in [0.4, 0.5) is 5.69 Å². The molecule has 1 heterocycles. The van der Waals surface area contributed by atoms with Gasteiger partial charge in [-0.3, -0.25) is 14.5 Å². The molecule has 0 fully saturated rings. The number of aliphatic carboxylic acids is 1. The molecule has 2 amide bonds. The summed E-state index contributed by atoms with van der Waals surface area (Å²) in [4.78, 5) is 38.7. The van der Waals surface area contributed by atoms with E-state index < -0.39 is 23.8 Å². The molecule has 10 nitrogen and oxygen atoms in total. The molecule has 2 N–H and O–H groups in total. The van der Waals surface area contributed by atoms with E-state index in [0.717, 1.165) is 4.90 Å². The van der Waals surface area contributed by atoms with E-state index >= 15 is 0 Å². The molecule has 3 aromatic rings. The number of hydrogen-bond acceptors (Lipinski definition) is 8. The smallest absolute Gasteiger partial charge is 0.330 e. The number of carboxylic acids is 1. The standard InChI is InChI=1S/C27H23N3O7/c1-35-22-13-20(24(27(33)34)29-17-9-7-16(15-28)8-10-17)21(14-23(22)36-2)37-12-11-30-25(31)18-5-3-4-6-19(18)26(30)32/h3-10,13-14,24,29H,11-12H2,1-2H3,(H,33,34). The van der Waals surface area contributed by atoms with Gasteiger partial charge >= 0.3 is 5.97 Å². The van der Waals surface area contributed by atoms with E-state index in [0.29, 0.717) is 28.1 Å². The van der Waals surface area contributed by atoms with Crippen molar-refractivity contribution in [3.05, 3.63) is 82.9 Å². The lowest BCUT2D eigenvalue weighted by Crippen LogP contribution is -2.33. The Morgan fingerprint density at radius 2 is 1.57 bits per heavy atom. The average molecular weight is 501 g/mol. The van der Waals surface area contributed by atoms with Crippen LogP contribution in [0.3, 0.4) is 0 Å². The van der Waals surface area contributed by atoms with Gasteiger partial charge in [0.1, 0.15) is 12.4 Å². The number of benzene rings is 3. The van der Waals surface area contributed by atoms with Crippen LogP contribution < -0.4 is 19.5 Å². The Balaban J connectivity index is 1.60. The van der Waals surface area contributed by atoms with Gasteiger partial charge in [-0.2, -0.15) is 5.26 Å². The third kappa shape index (κ3) is 5.01. The number of carboxylic acid groups (broad SMARTS) is 1. The highest BCUT2D eigenvalue weighted by molar-refractivity contribution is 6.21. The Hall–Kier alpha value is -5.04. The second-order valence-electron chi connectivity index (χ2n) is 8.01. The first-order valence-corrected chi connectivity index (χ1v) is 11.2. The van der Waals surface area contributed by atoms with Crippen molar-refractivity contribution in [3.63, 3.8) is 0 Å². The predicted octanol–water partition coefficient (Wildman–Crippen LogP) is 3.49. The third-order valence-corrected chi connectivity index (χ3v) is 5.85. The van der Waals surface area contributed by atoms with E-state index in [1.807, 2.05) is 6.07 Å². The van der Waals surface area contributed by atoms with Crippen molar-refractivity contribution in [1.82, 2.24) is 4.90 Å². The summed E-state index contributed by atoms with van der Waals surface area (Å²) in [5.74, 6) is -1.25. The largest absolute Gasteiger partial charge is 0.493 e. The minimum Gasteiger partial charge on any atom is -0.493 e. The first-order valence-electron chi connectivity index (χ1n) is 11.2. The number of ether oxygens (including phenoxy) is 3. The van der Waals surface area contributed by atoms with E-state index in [1.165, 1.54) is 26.4 Å². The highest BCUT2D eigenvalue weighted by Gasteiger charge is 2.35. The minimum absolute atomic E-state index is 0.0408. The molecule has 4 rings (SSSR count). The fourth-order valence-electron chi connectivity index (χ4n) is 4.00. The molecule has 1 aliphatic heterocycles. The van der Waals surface area contributed by atoms with Crippen LogP contribution in [-0.4, -0.2) is 55.2 Å². The predicted molar refractivity (Wildman–Crippen MR) is 132 cm³/mol. The number of amides is 2. The van der Waals surface area contributed by atoms with Gasteiger partial charge in [0, 0.05) is 17.3 Å². The number of rotatable bonds is 10. The minimum atomic E-state index is -1.26. The molecule has 188 valence electrons. The molecular formula is C27H23N3O7. The SMILES string of the molecule is COc1cc(OCCN2C(=O)c3ccccc3C2=O)c(C(Nc2ccc(C#N)cc2)C(=O)O)cc1OC. The second kappa shape index (κ2) is 10.7. The van der Waals surface area contributed by atoms with Crippen LogP contribution in [-0.2, 0) is 4.79 Å². The summed E-state index contributed by atoms with van der Waals surface area (Å²) >= 11 is 0. The highest BCUT2D eigenvalue weighted by atomic mass is 16.5. The van der Waals surface area contributed by atoms with Crippen molar-refractivity contribution in [2.24, 2.45) is 0 Å². The number of hydrogen-bond donors (Lipinski definition) is 2. The number of fused-ring (bicyclic) bond motifs is 1. The zero-order valence-electron chi connectivity index (χ0n) is 20.1. The summed E-state index contributed by atoms with van der Waals surface area (Å²) in [6.07, 6.45) is 0. The maximum atomic E-state index is 12.7. The molecule has 37 heavy (non-hydrogen) atoms. The number of imide groups is 1. The Kier molecular flexibility index (Phi) is 7.25.